The van der Waals surface area contributed by atoms with E-state index in [1.807, 2.05) is 38.1 Å². The standard InChI is InChI=1S/C25H26N4O6S2/c1-5-37(31,32)25-29-28-24(36-25)27-23(30)19(15-26)13-18-7-9-21(22(14-18)33-4)35-11-10-34-20-8-6-16(2)12-17(20)3/h6-9,12-14H,5,10-11H2,1-4H3,(H,27,28,30). The number of hydrogen-bond donors (Lipinski definition) is 1. The zero-order chi connectivity index (χ0) is 27.0. The van der Waals surface area contributed by atoms with Crippen LogP contribution in [0.1, 0.15) is 23.6 Å². The fourth-order valence-corrected chi connectivity index (χ4v) is 5.13. The van der Waals surface area contributed by atoms with Gasteiger partial charge in [-0.05, 0) is 49.2 Å². The molecule has 0 aliphatic carbocycles. The van der Waals surface area contributed by atoms with E-state index in [1.54, 1.807) is 18.2 Å². The van der Waals surface area contributed by atoms with E-state index in [9.17, 15) is 18.5 Å². The van der Waals surface area contributed by atoms with Crippen LogP contribution in [-0.4, -0.2) is 50.6 Å². The highest BCUT2D eigenvalue weighted by Crippen LogP contribution is 2.29. The van der Waals surface area contributed by atoms with Crippen molar-refractivity contribution in [2.24, 2.45) is 0 Å². The van der Waals surface area contributed by atoms with E-state index >= 15 is 0 Å². The third kappa shape index (κ3) is 7.28. The van der Waals surface area contributed by atoms with Gasteiger partial charge in [-0.3, -0.25) is 10.1 Å². The highest BCUT2D eigenvalue weighted by molar-refractivity contribution is 7.93. The maximum absolute atomic E-state index is 12.5. The third-order valence-corrected chi connectivity index (χ3v) is 8.08. The minimum Gasteiger partial charge on any atom is -0.493 e. The summed E-state index contributed by atoms with van der Waals surface area (Å²) in [5.41, 5.74) is 2.51. The summed E-state index contributed by atoms with van der Waals surface area (Å²) in [6.45, 7) is 6.10. The van der Waals surface area contributed by atoms with Gasteiger partial charge >= 0.3 is 0 Å². The first-order valence-electron chi connectivity index (χ1n) is 11.2. The highest BCUT2D eigenvalue weighted by Gasteiger charge is 2.20. The van der Waals surface area contributed by atoms with Crippen molar-refractivity contribution in [1.82, 2.24) is 10.2 Å². The highest BCUT2D eigenvalue weighted by atomic mass is 32.2. The molecule has 0 saturated heterocycles. The molecule has 12 heteroatoms. The van der Waals surface area contributed by atoms with Crippen LogP contribution in [0.25, 0.3) is 6.08 Å². The smallest absolute Gasteiger partial charge is 0.268 e. The SMILES string of the molecule is CCS(=O)(=O)c1nnc(NC(=O)C(C#N)=Cc2ccc(OCCOc3ccc(C)cc3C)c(OC)c2)s1. The van der Waals surface area contributed by atoms with Gasteiger partial charge < -0.3 is 14.2 Å². The summed E-state index contributed by atoms with van der Waals surface area (Å²) < 4.78 is 40.6. The summed E-state index contributed by atoms with van der Waals surface area (Å²) in [6.07, 6.45) is 1.37. The summed E-state index contributed by atoms with van der Waals surface area (Å²) in [5.74, 6) is 0.796. The van der Waals surface area contributed by atoms with Crippen LogP contribution in [0.15, 0.2) is 46.3 Å². The number of carbonyl (C=O) groups is 1. The van der Waals surface area contributed by atoms with Crippen molar-refractivity contribution < 1.29 is 27.4 Å². The molecule has 37 heavy (non-hydrogen) atoms. The van der Waals surface area contributed by atoms with Crippen molar-refractivity contribution in [3.05, 3.63) is 58.7 Å². The lowest BCUT2D eigenvalue weighted by Crippen LogP contribution is -2.13. The van der Waals surface area contributed by atoms with Gasteiger partial charge in [-0.1, -0.05) is 42.0 Å². The summed E-state index contributed by atoms with van der Waals surface area (Å²) in [4.78, 5) is 12.5. The second kappa shape index (κ2) is 12.3. The lowest BCUT2D eigenvalue weighted by Gasteiger charge is -2.13. The number of anilines is 1. The summed E-state index contributed by atoms with van der Waals surface area (Å²) in [7, 11) is -2.06. The Morgan fingerprint density at radius 3 is 2.43 bits per heavy atom. The van der Waals surface area contributed by atoms with E-state index in [0.717, 1.165) is 28.2 Å². The number of hydrogen-bond acceptors (Lipinski definition) is 10. The molecular formula is C25H26N4O6S2. The number of carbonyl (C=O) groups excluding carboxylic acids is 1. The fraction of sp³-hybridized carbons (Fsp3) is 0.280. The number of amides is 1. The van der Waals surface area contributed by atoms with Gasteiger partial charge in [0.2, 0.25) is 19.3 Å². The number of nitrogens with zero attached hydrogens (tertiary/aromatic N) is 3. The summed E-state index contributed by atoms with van der Waals surface area (Å²) in [5, 5.41) is 19.1. The molecule has 1 heterocycles. The molecule has 1 amide bonds. The Balaban J connectivity index is 1.65. The predicted octanol–water partition coefficient (Wildman–Crippen LogP) is 3.96. The van der Waals surface area contributed by atoms with Crippen molar-refractivity contribution in [2.45, 2.75) is 25.1 Å². The van der Waals surface area contributed by atoms with Gasteiger partial charge in [0.15, 0.2) is 11.5 Å². The predicted molar refractivity (Wildman–Crippen MR) is 140 cm³/mol. The Bertz CT molecular complexity index is 1460. The molecule has 2 aromatic carbocycles. The molecule has 0 fully saturated rings. The Labute approximate surface area is 219 Å². The van der Waals surface area contributed by atoms with Crippen LogP contribution in [0.2, 0.25) is 0 Å². The minimum atomic E-state index is -3.55. The third-order valence-electron chi connectivity index (χ3n) is 5.07. The largest absolute Gasteiger partial charge is 0.493 e. The molecule has 0 unspecified atom stereocenters. The molecule has 0 saturated carbocycles. The van der Waals surface area contributed by atoms with Gasteiger partial charge in [0.05, 0.1) is 12.9 Å². The lowest BCUT2D eigenvalue weighted by atomic mass is 10.1. The van der Waals surface area contributed by atoms with E-state index in [2.05, 4.69) is 15.5 Å². The number of benzene rings is 2. The van der Waals surface area contributed by atoms with Gasteiger partial charge in [-0.2, -0.15) is 5.26 Å². The Morgan fingerprint density at radius 1 is 1.08 bits per heavy atom. The molecular weight excluding hydrogens is 516 g/mol. The number of ether oxygens (including phenoxy) is 3. The molecule has 194 valence electrons. The molecule has 10 nitrogen and oxygen atoms in total. The maximum atomic E-state index is 12.5. The quantitative estimate of drug-likeness (QED) is 0.165. The first kappa shape index (κ1) is 27.6. The number of aromatic nitrogens is 2. The number of nitrogens with one attached hydrogen (secondary N) is 1. The van der Waals surface area contributed by atoms with Gasteiger partial charge in [-0.25, -0.2) is 8.42 Å². The minimum absolute atomic E-state index is 0.0254. The average Bonchev–Trinajstić information content (AvgIpc) is 3.36. The van der Waals surface area contributed by atoms with Crippen LogP contribution < -0.4 is 19.5 Å². The number of nitriles is 1. The van der Waals surface area contributed by atoms with E-state index in [-0.39, 0.29) is 27.4 Å². The van der Waals surface area contributed by atoms with Crippen molar-refractivity contribution in [3.8, 4) is 23.3 Å². The number of rotatable bonds is 11. The molecule has 0 aliphatic rings. The molecule has 0 aliphatic heterocycles. The van der Waals surface area contributed by atoms with Gasteiger partial charge in [0.25, 0.3) is 5.91 Å². The first-order chi connectivity index (χ1) is 17.7. The monoisotopic (exact) mass is 542 g/mol. The lowest BCUT2D eigenvalue weighted by molar-refractivity contribution is -0.112. The van der Waals surface area contributed by atoms with E-state index in [1.165, 1.54) is 20.1 Å². The topological polar surface area (TPSA) is 140 Å². The van der Waals surface area contributed by atoms with Gasteiger partial charge in [-0.15, -0.1) is 10.2 Å². The second-order valence-corrected chi connectivity index (χ2v) is 11.2. The Kier molecular flexibility index (Phi) is 9.21. The van der Waals surface area contributed by atoms with Crippen molar-refractivity contribution in [3.63, 3.8) is 0 Å². The van der Waals surface area contributed by atoms with E-state index < -0.39 is 15.7 Å². The summed E-state index contributed by atoms with van der Waals surface area (Å²) >= 11 is 0.719. The average molecular weight is 543 g/mol. The zero-order valence-corrected chi connectivity index (χ0v) is 22.4. The van der Waals surface area contributed by atoms with E-state index in [4.69, 9.17) is 14.2 Å². The second-order valence-electron chi connectivity index (χ2n) is 7.78. The molecule has 0 radical (unpaired) electrons. The number of methoxy groups -OCH3 is 1. The van der Waals surface area contributed by atoms with E-state index in [0.29, 0.717) is 23.7 Å². The Morgan fingerprint density at radius 2 is 1.78 bits per heavy atom. The first-order valence-corrected chi connectivity index (χ1v) is 13.6. The number of aryl methyl sites for hydroxylation is 2. The molecule has 1 N–H and O–H groups in total. The molecule has 0 spiro atoms. The molecule has 3 aromatic rings. The van der Waals surface area contributed by atoms with Crippen molar-refractivity contribution >= 4 is 38.3 Å². The van der Waals surface area contributed by atoms with Gasteiger partial charge in [0.1, 0.15) is 30.6 Å². The van der Waals surface area contributed by atoms with Crippen molar-refractivity contribution in [1.29, 1.82) is 5.26 Å². The number of sulfone groups is 1. The zero-order valence-electron chi connectivity index (χ0n) is 20.8. The Hall–Kier alpha value is -3.95. The van der Waals surface area contributed by atoms with Crippen LogP contribution in [0, 0.1) is 25.2 Å². The normalized spacial score (nSPS) is 11.5. The fourth-order valence-electron chi connectivity index (χ4n) is 3.15. The van der Waals surface area contributed by atoms with Crippen LogP contribution in [-0.2, 0) is 14.6 Å². The molecule has 0 bridgehead atoms. The molecule has 0 atom stereocenters. The van der Waals surface area contributed by atoms with Crippen LogP contribution in [0.5, 0.6) is 17.2 Å². The molecule has 1 aromatic heterocycles. The summed E-state index contributed by atoms with van der Waals surface area (Å²) in [6, 6.07) is 12.8. The van der Waals surface area contributed by atoms with Crippen LogP contribution >= 0.6 is 11.3 Å². The van der Waals surface area contributed by atoms with Gasteiger partial charge in [0, 0.05) is 0 Å². The molecule has 3 rings (SSSR count). The van der Waals surface area contributed by atoms with Crippen LogP contribution in [0.4, 0.5) is 5.13 Å². The maximum Gasteiger partial charge on any atom is 0.268 e. The van der Waals surface area contributed by atoms with Crippen molar-refractivity contribution in [2.75, 3.05) is 31.4 Å². The van der Waals surface area contributed by atoms with Crippen LogP contribution in [0.3, 0.4) is 0 Å².